The van der Waals surface area contributed by atoms with E-state index in [1.807, 2.05) is 0 Å². The SMILES string of the molecule is CCN(CCO)C(=O)Nc1ccc(Cl)cc1F. The third kappa shape index (κ3) is 3.87. The number of nitrogens with zero attached hydrogens (tertiary/aromatic N) is 1. The van der Waals surface area contributed by atoms with Crippen molar-refractivity contribution in [2.75, 3.05) is 25.0 Å². The number of anilines is 1. The Morgan fingerprint density at radius 3 is 2.82 bits per heavy atom. The number of benzene rings is 1. The Labute approximate surface area is 104 Å². The molecule has 0 fully saturated rings. The van der Waals surface area contributed by atoms with Crippen LogP contribution in [0.3, 0.4) is 0 Å². The van der Waals surface area contributed by atoms with E-state index in [2.05, 4.69) is 5.32 Å². The Balaban J connectivity index is 2.73. The summed E-state index contributed by atoms with van der Waals surface area (Å²) >= 11 is 5.60. The summed E-state index contributed by atoms with van der Waals surface area (Å²) in [5.41, 5.74) is 0.0655. The number of aliphatic hydroxyl groups excluding tert-OH is 1. The summed E-state index contributed by atoms with van der Waals surface area (Å²) < 4.78 is 13.4. The molecule has 0 heterocycles. The van der Waals surface area contributed by atoms with Gasteiger partial charge in [-0.15, -0.1) is 0 Å². The summed E-state index contributed by atoms with van der Waals surface area (Å²) in [6.07, 6.45) is 0. The molecule has 0 bridgehead atoms. The van der Waals surface area contributed by atoms with Gasteiger partial charge >= 0.3 is 6.03 Å². The highest BCUT2D eigenvalue weighted by atomic mass is 35.5. The summed E-state index contributed by atoms with van der Waals surface area (Å²) in [7, 11) is 0. The number of hydrogen-bond acceptors (Lipinski definition) is 2. The highest BCUT2D eigenvalue weighted by Gasteiger charge is 2.13. The first-order chi connectivity index (χ1) is 8.08. The number of urea groups is 1. The number of rotatable bonds is 4. The molecule has 1 aromatic carbocycles. The minimum absolute atomic E-state index is 0.0655. The van der Waals surface area contributed by atoms with Crippen LogP contribution in [0.4, 0.5) is 14.9 Å². The maximum absolute atomic E-state index is 13.4. The lowest BCUT2D eigenvalue weighted by Crippen LogP contribution is -2.37. The fraction of sp³-hybridized carbons (Fsp3) is 0.364. The molecule has 0 radical (unpaired) electrons. The molecule has 1 rings (SSSR count). The lowest BCUT2D eigenvalue weighted by molar-refractivity contribution is 0.192. The molecule has 0 unspecified atom stereocenters. The van der Waals surface area contributed by atoms with Gasteiger partial charge in [-0.05, 0) is 25.1 Å². The van der Waals surface area contributed by atoms with Gasteiger partial charge in [0, 0.05) is 18.1 Å². The van der Waals surface area contributed by atoms with E-state index in [0.717, 1.165) is 6.07 Å². The summed E-state index contributed by atoms with van der Waals surface area (Å²) in [4.78, 5) is 13.0. The van der Waals surface area contributed by atoms with Gasteiger partial charge in [0.15, 0.2) is 0 Å². The summed E-state index contributed by atoms with van der Waals surface area (Å²) in [6, 6.07) is 3.55. The number of hydrogen-bond donors (Lipinski definition) is 2. The predicted octanol–water partition coefficient (Wildman–Crippen LogP) is 2.33. The fourth-order valence-electron chi connectivity index (χ4n) is 1.31. The molecular formula is C11H14ClFN2O2. The van der Waals surface area contributed by atoms with Crippen LogP contribution in [-0.4, -0.2) is 35.7 Å². The maximum Gasteiger partial charge on any atom is 0.321 e. The van der Waals surface area contributed by atoms with E-state index in [4.69, 9.17) is 16.7 Å². The van der Waals surface area contributed by atoms with Crippen LogP contribution < -0.4 is 5.32 Å². The first-order valence-electron chi connectivity index (χ1n) is 5.20. The third-order valence-electron chi connectivity index (χ3n) is 2.21. The molecule has 0 spiro atoms. The summed E-state index contributed by atoms with van der Waals surface area (Å²) in [5, 5.41) is 11.4. The van der Waals surface area contributed by atoms with Crippen molar-refractivity contribution in [2.24, 2.45) is 0 Å². The second-order valence-electron chi connectivity index (χ2n) is 3.36. The quantitative estimate of drug-likeness (QED) is 0.873. The lowest BCUT2D eigenvalue weighted by atomic mass is 10.3. The van der Waals surface area contributed by atoms with Crippen molar-refractivity contribution in [3.63, 3.8) is 0 Å². The van der Waals surface area contributed by atoms with Crippen LogP contribution in [-0.2, 0) is 0 Å². The van der Waals surface area contributed by atoms with Crippen LogP contribution in [0, 0.1) is 5.82 Å². The molecule has 0 saturated heterocycles. The van der Waals surface area contributed by atoms with Gasteiger partial charge in [-0.2, -0.15) is 0 Å². The van der Waals surface area contributed by atoms with Crippen molar-refractivity contribution in [3.05, 3.63) is 29.0 Å². The molecule has 94 valence electrons. The molecule has 0 aliphatic heterocycles. The van der Waals surface area contributed by atoms with Crippen LogP contribution >= 0.6 is 11.6 Å². The van der Waals surface area contributed by atoms with Crippen molar-refractivity contribution < 1.29 is 14.3 Å². The van der Waals surface area contributed by atoms with E-state index >= 15 is 0 Å². The standard InChI is InChI=1S/C11H14ClFN2O2/c1-2-15(5-6-16)11(17)14-10-4-3-8(12)7-9(10)13/h3-4,7,16H,2,5-6H2,1H3,(H,14,17). The first kappa shape index (κ1) is 13.7. The van der Waals surface area contributed by atoms with Gasteiger partial charge < -0.3 is 15.3 Å². The molecule has 0 atom stereocenters. The lowest BCUT2D eigenvalue weighted by Gasteiger charge is -2.20. The molecule has 0 aliphatic rings. The van der Waals surface area contributed by atoms with Gasteiger partial charge in [-0.1, -0.05) is 11.6 Å². The first-order valence-corrected chi connectivity index (χ1v) is 5.58. The largest absolute Gasteiger partial charge is 0.395 e. The monoisotopic (exact) mass is 260 g/mol. The Hall–Kier alpha value is -1.33. The Morgan fingerprint density at radius 1 is 1.59 bits per heavy atom. The van der Waals surface area contributed by atoms with Gasteiger partial charge in [0.25, 0.3) is 0 Å². The molecular weight excluding hydrogens is 247 g/mol. The number of carbonyl (C=O) groups excluding carboxylic acids is 1. The maximum atomic E-state index is 13.4. The second kappa shape index (κ2) is 6.42. The van der Waals surface area contributed by atoms with E-state index in [9.17, 15) is 9.18 Å². The van der Waals surface area contributed by atoms with E-state index in [1.165, 1.54) is 17.0 Å². The van der Waals surface area contributed by atoms with Gasteiger partial charge in [-0.3, -0.25) is 0 Å². The molecule has 2 amide bonds. The van der Waals surface area contributed by atoms with Crippen molar-refractivity contribution in [1.29, 1.82) is 0 Å². The Kier molecular flexibility index (Phi) is 5.18. The fourth-order valence-corrected chi connectivity index (χ4v) is 1.47. The van der Waals surface area contributed by atoms with Gasteiger partial charge in [0.2, 0.25) is 0 Å². The summed E-state index contributed by atoms with van der Waals surface area (Å²) in [5.74, 6) is -0.592. The van der Waals surface area contributed by atoms with Crippen LogP contribution in [0.15, 0.2) is 18.2 Å². The Bertz CT molecular complexity index is 401. The average molecular weight is 261 g/mol. The minimum atomic E-state index is -0.592. The number of aliphatic hydroxyl groups is 1. The molecule has 0 aromatic heterocycles. The molecule has 0 saturated carbocycles. The highest BCUT2D eigenvalue weighted by Crippen LogP contribution is 2.19. The van der Waals surface area contributed by atoms with Gasteiger partial charge in [0.05, 0.1) is 12.3 Å². The van der Waals surface area contributed by atoms with E-state index in [-0.39, 0.29) is 23.9 Å². The predicted molar refractivity (Wildman–Crippen MR) is 64.8 cm³/mol. The number of nitrogens with one attached hydrogen (secondary N) is 1. The number of amides is 2. The van der Waals surface area contributed by atoms with Crippen LogP contribution in [0.2, 0.25) is 5.02 Å². The van der Waals surface area contributed by atoms with Crippen molar-refractivity contribution in [3.8, 4) is 0 Å². The average Bonchev–Trinajstić information content (AvgIpc) is 2.29. The van der Waals surface area contributed by atoms with Gasteiger partial charge in [0.1, 0.15) is 5.82 Å². The number of carbonyl (C=O) groups is 1. The van der Waals surface area contributed by atoms with E-state index < -0.39 is 11.8 Å². The van der Waals surface area contributed by atoms with E-state index in [0.29, 0.717) is 6.54 Å². The zero-order valence-electron chi connectivity index (χ0n) is 9.41. The second-order valence-corrected chi connectivity index (χ2v) is 3.79. The molecule has 1 aromatic rings. The zero-order valence-corrected chi connectivity index (χ0v) is 10.2. The minimum Gasteiger partial charge on any atom is -0.395 e. The summed E-state index contributed by atoms with van der Waals surface area (Å²) in [6.45, 7) is 2.27. The zero-order chi connectivity index (χ0) is 12.8. The molecule has 0 aliphatic carbocycles. The van der Waals surface area contributed by atoms with Crippen molar-refractivity contribution in [1.82, 2.24) is 4.90 Å². The van der Waals surface area contributed by atoms with Crippen LogP contribution in [0.25, 0.3) is 0 Å². The smallest absolute Gasteiger partial charge is 0.321 e. The highest BCUT2D eigenvalue weighted by molar-refractivity contribution is 6.30. The molecule has 17 heavy (non-hydrogen) atoms. The van der Waals surface area contributed by atoms with Crippen LogP contribution in [0.1, 0.15) is 6.92 Å². The molecule has 2 N–H and O–H groups in total. The topological polar surface area (TPSA) is 52.6 Å². The third-order valence-corrected chi connectivity index (χ3v) is 2.45. The Morgan fingerprint density at radius 2 is 2.29 bits per heavy atom. The number of likely N-dealkylation sites (N-methyl/N-ethyl adjacent to an activating group) is 1. The van der Waals surface area contributed by atoms with Gasteiger partial charge in [-0.25, -0.2) is 9.18 Å². The van der Waals surface area contributed by atoms with Crippen LogP contribution in [0.5, 0.6) is 0 Å². The number of halogens is 2. The van der Waals surface area contributed by atoms with Crippen molar-refractivity contribution >= 4 is 23.3 Å². The van der Waals surface area contributed by atoms with Crippen molar-refractivity contribution in [2.45, 2.75) is 6.92 Å². The normalized spacial score (nSPS) is 10.1. The molecule has 4 nitrogen and oxygen atoms in total. The van der Waals surface area contributed by atoms with E-state index in [1.54, 1.807) is 6.92 Å². The molecule has 6 heteroatoms.